The van der Waals surface area contributed by atoms with Crippen LogP contribution in [0.25, 0.3) is 11.5 Å². The van der Waals surface area contributed by atoms with Crippen molar-refractivity contribution in [1.82, 2.24) is 15.2 Å². The number of benzene rings is 1. The van der Waals surface area contributed by atoms with E-state index in [1.54, 1.807) is 0 Å². The Morgan fingerprint density at radius 2 is 1.74 bits per heavy atom. The van der Waals surface area contributed by atoms with Crippen molar-refractivity contribution in [3.8, 4) is 11.5 Å². The van der Waals surface area contributed by atoms with Gasteiger partial charge in [0.1, 0.15) is 5.03 Å². The zero-order valence-corrected chi connectivity index (χ0v) is 16.8. The molecule has 1 amide bonds. The van der Waals surface area contributed by atoms with Crippen LogP contribution in [0, 0.1) is 27.7 Å². The molecule has 7 heteroatoms. The van der Waals surface area contributed by atoms with Gasteiger partial charge in [-0.25, -0.2) is 4.98 Å². The summed E-state index contributed by atoms with van der Waals surface area (Å²) in [6, 6.07) is 7.89. The average Bonchev–Trinajstić information content (AvgIpc) is 3.10. The molecule has 6 nitrogen and oxygen atoms in total. The summed E-state index contributed by atoms with van der Waals surface area (Å²) in [5, 5.41) is 8.72. The lowest BCUT2D eigenvalue weighted by Gasteiger charge is -2.15. The summed E-state index contributed by atoms with van der Waals surface area (Å²) in [4.78, 5) is 16.5. The van der Waals surface area contributed by atoms with Crippen molar-refractivity contribution in [2.24, 2.45) is 5.73 Å². The van der Waals surface area contributed by atoms with E-state index in [-0.39, 0.29) is 5.25 Å². The van der Waals surface area contributed by atoms with Crippen LogP contribution in [0.2, 0.25) is 0 Å². The van der Waals surface area contributed by atoms with Crippen LogP contribution in [0.3, 0.4) is 0 Å². The summed E-state index contributed by atoms with van der Waals surface area (Å²) in [6.45, 7) is 9.71. The highest BCUT2D eigenvalue weighted by molar-refractivity contribution is 7.99. The first-order valence-electron chi connectivity index (χ1n) is 8.62. The molecule has 27 heavy (non-hydrogen) atoms. The predicted octanol–water partition coefficient (Wildman–Crippen LogP) is 4.32. The van der Waals surface area contributed by atoms with Gasteiger partial charge in [0, 0.05) is 11.3 Å². The fourth-order valence-corrected chi connectivity index (χ4v) is 3.81. The number of rotatable bonds is 5. The summed E-state index contributed by atoms with van der Waals surface area (Å²) in [5.41, 5.74) is 10.8. The third kappa shape index (κ3) is 3.88. The van der Waals surface area contributed by atoms with Crippen molar-refractivity contribution in [2.75, 3.05) is 0 Å². The maximum absolute atomic E-state index is 12.0. The van der Waals surface area contributed by atoms with Crippen LogP contribution in [0.5, 0.6) is 0 Å². The largest absolute Gasteiger partial charge is 0.419 e. The normalized spacial score (nSPS) is 12.2. The molecule has 0 aliphatic carbocycles. The number of nitrogens with two attached hydrogens (primary N) is 1. The zero-order chi connectivity index (χ0) is 19.7. The summed E-state index contributed by atoms with van der Waals surface area (Å²) in [7, 11) is 0. The van der Waals surface area contributed by atoms with Crippen LogP contribution in [-0.4, -0.2) is 21.1 Å². The van der Waals surface area contributed by atoms with Gasteiger partial charge in [0.15, 0.2) is 0 Å². The molecule has 0 aliphatic heterocycles. The van der Waals surface area contributed by atoms with E-state index >= 15 is 0 Å². The summed E-state index contributed by atoms with van der Waals surface area (Å²) < 4.78 is 5.84. The van der Waals surface area contributed by atoms with Gasteiger partial charge in [0.25, 0.3) is 5.91 Å². The van der Waals surface area contributed by atoms with Gasteiger partial charge in [-0.1, -0.05) is 29.5 Å². The average molecular weight is 382 g/mol. The van der Waals surface area contributed by atoms with Gasteiger partial charge in [-0.15, -0.1) is 10.2 Å². The number of pyridine rings is 1. The molecule has 0 radical (unpaired) electrons. The molecule has 0 bridgehead atoms. The van der Waals surface area contributed by atoms with Gasteiger partial charge in [0.2, 0.25) is 11.8 Å². The van der Waals surface area contributed by atoms with Crippen molar-refractivity contribution in [3.05, 3.63) is 58.1 Å². The molecule has 0 fully saturated rings. The third-order valence-corrected chi connectivity index (χ3v) is 5.66. The third-order valence-electron chi connectivity index (χ3n) is 4.59. The monoisotopic (exact) mass is 382 g/mol. The van der Waals surface area contributed by atoms with Crippen LogP contribution in [0.1, 0.15) is 50.8 Å². The van der Waals surface area contributed by atoms with E-state index in [1.165, 1.54) is 11.8 Å². The van der Waals surface area contributed by atoms with Crippen LogP contribution < -0.4 is 5.73 Å². The fourth-order valence-electron chi connectivity index (χ4n) is 2.72. The van der Waals surface area contributed by atoms with Crippen LogP contribution in [0.4, 0.5) is 0 Å². The molecule has 1 unspecified atom stereocenters. The van der Waals surface area contributed by atoms with E-state index in [2.05, 4.69) is 15.2 Å². The van der Waals surface area contributed by atoms with E-state index in [4.69, 9.17) is 10.2 Å². The fraction of sp³-hybridized carbons (Fsp3) is 0.300. The second kappa shape index (κ2) is 7.52. The highest BCUT2D eigenvalue weighted by Gasteiger charge is 2.23. The standard InChI is InChI=1S/C20H22N4O2S/c1-10-6-8-15(9-7-10)19-24-23-18(26-19)14(5)27-20-16(17(21)25)12(3)11(2)13(4)22-20/h6-9,14H,1-5H3,(H2,21,25). The van der Waals surface area contributed by atoms with Gasteiger partial charge in [-0.05, 0) is 57.9 Å². The Kier molecular flexibility index (Phi) is 5.32. The molecule has 1 aromatic carbocycles. The highest BCUT2D eigenvalue weighted by atomic mass is 32.2. The SMILES string of the molecule is Cc1ccc(-c2nnc(C(C)Sc3nc(C)c(C)c(C)c3C(N)=O)o2)cc1. The van der Waals surface area contributed by atoms with Gasteiger partial charge < -0.3 is 10.2 Å². The van der Waals surface area contributed by atoms with Crippen molar-refractivity contribution in [3.63, 3.8) is 0 Å². The minimum absolute atomic E-state index is 0.177. The lowest BCUT2D eigenvalue weighted by atomic mass is 10.0. The molecule has 140 valence electrons. The molecule has 2 aromatic heterocycles. The van der Waals surface area contributed by atoms with E-state index in [0.717, 1.165) is 27.9 Å². The Morgan fingerprint density at radius 1 is 1.07 bits per heavy atom. The van der Waals surface area contributed by atoms with Crippen molar-refractivity contribution in [2.45, 2.75) is 44.9 Å². The lowest BCUT2D eigenvalue weighted by molar-refractivity contribution is 0.0996. The smallest absolute Gasteiger partial charge is 0.251 e. The molecular formula is C20H22N4O2S. The first kappa shape index (κ1) is 19.1. The predicted molar refractivity (Wildman–Crippen MR) is 106 cm³/mol. The lowest BCUT2D eigenvalue weighted by Crippen LogP contribution is -2.17. The first-order chi connectivity index (χ1) is 12.8. The Balaban J connectivity index is 1.89. The number of amides is 1. The van der Waals surface area contributed by atoms with Gasteiger partial charge >= 0.3 is 0 Å². The molecule has 2 heterocycles. The number of hydrogen-bond acceptors (Lipinski definition) is 6. The first-order valence-corrected chi connectivity index (χ1v) is 9.50. The molecule has 2 N–H and O–H groups in total. The number of hydrogen-bond donors (Lipinski definition) is 1. The van der Waals surface area contributed by atoms with Gasteiger partial charge in [0.05, 0.1) is 10.8 Å². The van der Waals surface area contributed by atoms with E-state index in [1.807, 2.05) is 58.9 Å². The number of carbonyl (C=O) groups is 1. The van der Waals surface area contributed by atoms with Crippen molar-refractivity contribution >= 4 is 17.7 Å². The van der Waals surface area contributed by atoms with Crippen LogP contribution in [-0.2, 0) is 0 Å². The van der Waals surface area contributed by atoms with E-state index in [9.17, 15) is 4.79 Å². The van der Waals surface area contributed by atoms with Crippen LogP contribution >= 0.6 is 11.8 Å². The zero-order valence-electron chi connectivity index (χ0n) is 16.0. The molecule has 0 spiro atoms. The number of aromatic nitrogens is 3. The maximum Gasteiger partial charge on any atom is 0.251 e. The molecule has 0 aliphatic rings. The molecule has 1 atom stereocenters. The second-order valence-electron chi connectivity index (χ2n) is 6.56. The van der Waals surface area contributed by atoms with Gasteiger partial charge in [-0.3, -0.25) is 4.79 Å². The van der Waals surface area contributed by atoms with Crippen LogP contribution in [0.15, 0.2) is 33.7 Å². The Labute approximate surface area is 162 Å². The number of nitrogens with zero attached hydrogens (tertiary/aromatic N) is 3. The van der Waals surface area contributed by atoms with Crippen molar-refractivity contribution in [1.29, 1.82) is 0 Å². The number of carbonyl (C=O) groups excluding carboxylic acids is 1. The van der Waals surface area contributed by atoms with E-state index < -0.39 is 5.91 Å². The molecule has 3 aromatic rings. The molecule has 3 rings (SSSR count). The van der Waals surface area contributed by atoms with E-state index in [0.29, 0.717) is 22.4 Å². The Morgan fingerprint density at radius 3 is 2.37 bits per heavy atom. The number of aryl methyl sites for hydroxylation is 2. The maximum atomic E-state index is 12.0. The minimum atomic E-state index is -0.483. The Hall–Kier alpha value is -2.67. The number of thioether (sulfide) groups is 1. The molecule has 0 saturated heterocycles. The second-order valence-corrected chi connectivity index (χ2v) is 7.89. The topological polar surface area (TPSA) is 94.9 Å². The Bertz CT molecular complexity index is 996. The minimum Gasteiger partial charge on any atom is -0.419 e. The molecule has 0 saturated carbocycles. The van der Waals surface area contributed by atoms with Crippen molar-refractivity contribution < 1.29 is 9.21 Å². The molecular weight excluding hydrogens is 360 g/mol. The quantitative estimate of drug-likeness (QED) is 0.660. The summed E-state index contributed by atoms with van der Waals surface area (Å²) >= 11 is 1.39. The summed E-state index contributed by atoms with van der Waals surface area (Å²) in [5.74, 6) is 0.462. The highest BCUT2D eigenvalue weighted by Crippen LogP contribution is 2.37. The number of primary amides is 1. The summed E-state index contributed by atoms with van der Waals surface area (Å²) in [6.07, 6.45) is 0. The van der Waals surface area contributed by atoms with Gasteiger partial charge in [-0.2, -0.15) is 0 Å².